The molecular weight excluding hydrogens is 150 g/mol. The van der Waals surface area contributed by atoms with Crippen molar-refractivity contribution in [2.75, 3.05) is 14.1 Å². The van der Waals surface area contributed by atoms with Crippen LogP contribution in [0.4, 0.5) is 0 Å². The van der Waals surface area contributed by atoms with E-state index in [0.717, 1.165) is 12.2 Å². The van der Waals surface area contributed by atoms with Crippen molar-refractivity contribution in [3.63, 3.8) is 0 Å². The zero-order valence-electron chi connectivity index (χ0n) is 7.62. The molecule has 2 N–H and O–H groups in total. The van der Waals surface area contributed by atoms with Gasteiger partial charge in [0.2, 0.25) is 0 Å². The first-order valence-electron chi connectivity index (χ1n) is 4.01. The topological polar surface area (TPSA) is 42.2 Å². The molecule has 0 fully saturated rings. The summed E-state index contributed by atoms with van der Waals surface area (Å²) in [5.41, 5.74) is 7.69. The number of hydrogen-bond donors (Lipinski definition) is 1. The molecule has 12 heavy (non-hydrogen) atoms. The molecule has 0 saturated carbocycles. The molecule has 1 rings (SSSR count). The summed E-state index contributed by atoms with van der Waals surface area (Å²) in [6.45, 7) is 1.46. The molecule has 0 bridgehead atoms. The number of rotatable bonds is 3. The number of aromatic nitrogens is 1. The molecule has 0 radical (unpaired) electrons. The monoisotopic (exact) mass is 165 g/mol. The van der Waals surface area contributed by atoms with Gasteiger partial charge in [-0.25, -0.2) is 0 Å². The number of pyridine rings is 1. The van der Waals surface area contributed by atoms with Gasteiger partial charge in [0.1, 0.15) is 0 Å². The average molecular weight is 165 g/mol. The summed E-state index contributed by atoms with van der Waals surface area (Å²) in [6.07, 6.45) is 1.81. The van der Waals surface area contributed by atoms with Crippen LogP contribution in [0.2, 0.25) is 0 Å². The molecule has 0 amide bonds. The van der Waals surface area contributed by atoms with Crippen LogP contribution in [0.1, 0.15) is 11.3 Å². The van der Waals surface area contributed by atoms with E-state index in [4.69, 9.17) is 5.73 Å². The van der Waals surface area contributed by atoms with Gasteiger partial charge in [0.05, 0.1) is 5.69 Å². The van der Waals surface area contributed by atoms with Crippen LogP contribution in [-0.2, 0) is 13.1 Å². The van der Waals surface area contributed by atoms with Gasteiger partial charge < -0.3 is 10.6 Å². The van der Waals surface area contributed by atoms with Crippen LogP contribution in [0, 0.1) is 0 Å². The molecule has 0 atom stereocenters. The zero-order chi connectivity index (χ0) is 8.97. The fraction of sp³-hybridized carbons (Fsp3) is 0.444. The van der Waals surface area contributed by atoms with Crippen molar-refractivity contribution in [1.29, 1.82) is 0 Å². The Morgan fingerprint density at radius 1 is 1.50 bits per heavy atom. The third-order valence-corrected chi connectivity index (χ3v) is 1.59. The van der Waals surface area contributed by atoms with Crippen molar-refractivity contribution in [3.8, 4) is 0 Å². The molecule has 0 aliphatic carbocycles. The summed E-state index contributed by atoms with van der Waals surface area (Å²) in [5, 5.41) is 0. The van der Waals surface area contributed by atoms with Gasteiger partial charge in [0.25, 0.3) is 0 Å². The van der Waals surface area contributed by atoms with Crippen molar-refractivity contribution in [2.24, 2.45) is 5.73 Å². The first-order chi connectivity index (χ1) is 5.72. The summed E-state index contributed by atoms with van der Waals surface area (Å²) in [5.74, 6) is 0. The average Bonchev–Trinajstić information content (AvgIpc) is 2.03. The standard InChI is InChI=1S/C9H15N3/c1-12(2)7-8-3-4-11-9(5-8)6-10/h3-5H,6-7,10H2,1-2H3. The first kappa shape index (κ1) is 9.16. The van der Waals surface area contributed by atoms with E-state index in [1.165, 1.54) is 5.56 Å². The highest BCUT2D eigenvalue weighted by molar-refractivity contribution is 5.15. The van der Waals surface area contributed by atoms with Gasteiger partial charge in [-0.05, 0) is 31.8 Å². The molecule has 0 spiro atoms. The van der Waals surface area contributed by atoms with Crippen LogP contribution < -0.4 is 5.73 Å². The number of nitrogens with two attached hydrogens (primary N) is 1. The van der Waals surface area contributed by atoms with Crippen LogP contribution in [0.3, 0.4) is 0 Å². The Morgan fingerprint density at radius 3 is 2.83 bits per heavy atom. The lowest BCUT2D eigenvalue weighted by atomic mass is 10.2. The molecule has 1 aromatic heterocycles. The van der Waals surface area contributed by atoms with Crippen LogP contribution in [0.5, 0.6) is 0 Å². The van der Waals surface area contributed by atoms with Crippen molar-refractivity contribution < 1.29 is 0 Å². The lowest BCUT2D eigenvalue weighted by Gasteiger charge is -2.09. The van der Waals surface area contributed by atoms with E-state index in [1.54, 1.807) is 6.20 Å². The molecule has 1 heterocycles. The maximum Gasteiger partial charge on any atom is 0.0542 e. The summed E-state index contributed by atoms with van der Waals surface area (Å²) in [4.78, 5) is 6.24. The summed E-state index contributed by atoms with van der Waals surface area (Å²) in [6, 6.07) is 4.05. The fourth-order valence-electron chi connectivity index (χ4n) is 1.10. The van der Waals surface area contributed by atoms with E-state index in [0.29, 0.717) is 6.54 Å². The number of nitrogens with zero attached hydrogens (tertiary/aromatic N) is 2. The Kier molecular flexibility index (Phi) is 3.19. The summed E-state index contributed by atoms with van der Waals surface area (Å²) in [7, 11) is 4.09. The zero-order valence-corrected chi connectivity index (χ0v) is 7.62. The third-order valence-electron chi connectivity index (χ3n) is 1.59. The SMILES string of the molecule is CN(C)Cc1ccnc(CN)c1. The van der Waals surface area contributed by atoms with Gasteiger partial charge >= 0.3 is 0 Å². The van der Waals surface area contributed by atoms with E-state index in [9.17, 15) is 0 Å². The molecular formula is C9H15N3. The van der Waals surface area contributed by atoms with E-state index in [1.807, 2.05) is 26.2 Å². The molecule has 0 aliphatic heterocycles. The quantitative estimate of drug-likeness (QED) is 0.713. The molecule has 66 valence electrons. The Bertz CT molecular complexity index is 245. The first-order valence-corrected chi connectivity index (χ1v) is 4.01. The largest absolute Gasteiger partial charge is 0.325 e. The maximum absolute atomic E-state index is 5.47. The Morgan fingerprint density at radius 2 is 2.25 bits per heavy atom. The molecule has 0 aliphatic rings. The van der Waals surface area contributed by atoms with Gasteiger partial charge in [0.15, 0.2) is 0 Å². The predicted octanol–water partition coefficient (Wildman–Crippen LogP) is 0.602. The van der Waals surface area contributed by atoms with E-state index < -0.39 is 0 Å². The second kappa shape index (κ2) is 4.18. The van der Waals surface area contributed by atoms with Crippen molar-refractivity contribution >= 4 is 0 Å². The molecule has 0 aromatic carbocycles. The summed E-state index contributed by atoms with van der Waals surface area (Å²) < 4.78 is 0. The Balaban J connectivity index is 2.72. The van der Waals surface area contributed by atoms with Gasteiger partial charge in [-0.15, -0.1) is 0 Å². The van der Waals surface area contributed by atoms with Crippen molar-refractivity contribution in [2.45, 2.75) is 13.1 Å². The highest BCUT2D eigenvalue weighted by Crippen LogP contribution is 2.02. The Hall–Kier alpha value is -0.930. The Labute approximate surface area is 73.2 Å². The lowest BCUT2D eigenvalue weighted by molar-refractivity contribution is 0.402. The van der Waals surface area contributed by atoms with Crippen LogP contribution in [0.15, 0.2) is 18.3 Å². The molecule has 3 nitrogen and oxygen atoms in total. The predicted molar refractivity (Wildman–Crippen MR) is 49.5 cm³/mol. The van der Waals surface area contributed by atoms with E-state index in [-0.39, 0.29) is 0 Å². The van der Waals surface area contributed by atoms with E-state index in [2.05, 4.69) is 9.88 Å². The molecule has 3 heteroatoms. The van der Waals surface area contributed by atoms with Crippen molar-refractivity contribution in [1.82, 2.24) is 9.88 Å². The summed E-state index contributed by atoms with van der Waals surface area (Å²) >= 11 is 0. The number of hydrogen-bond acceptors (Lipinski definition) is 3. The van der Waals surface area contributed by atoms with E-state index >= 15 is 0 Å². The minimum atomic E-state index is 0.515. The van der Waals surface area contributed by atoms with Gasteiger partial charge in [-0.1, -0.05) is 0 Å². The highest BCUT2D eigenvalue weighted by Gasteiger charge is 1.96. The minimum absolute atomic E-state index is 0.515. The third kappa shape index (κ3) is 2.60. The van der Waals surface area contributed by atoms with Crippen LogP contribution >= 0.6 is 0 Å². The highest BCUT2D eigenvalue weighted by atomic mass is 15.0. The molecule has 1 aromatic rings. The lowest BCUT2D eigenvalue weighted by Crippen LogP contribution is -2.11. The minimum Gasteiger partial charge on any atom is -0.325 e. The smallest absolute Gasteiger partial charge is 0.0542 e. The maximum atomic E-state index is 5.47. The fourth-order valence-corrected chi connectivity index (χ4v) is 1.10. The normalized spacial score (nSPS) is 10.7. The van der Waals surface area contributed by atoms with Crippen LogP contribution in [0.25, 0.3) is 0 Å². The molecule has 0 unspecified atom stereocenters. The second-order valence-electron chi connectivity index (χ2n) is 3.10. The van der Waals surface area contributed by atoms with Gasteiger partial charge in [-0.2, -0.15) is 0 Å². The van der Waals surface area contributed by atoms with Gasteiger partial charge in [-0.3, -0.25) is 4.98 Å². The molecule has 0 saturated heterocycles. The van der Waals surface area contributed by atoms with Crippen LogP contribution in [-0.4, -0.2) is 24.0 Å². The van der Waals surface area contributed by atoms with Crippen molar-refractivity contribution in [3.05, 3.63) is 29.6 Å². The van der Waals surface area contributed by atoms with Gasteiger partial charge in [0, 0.05) is 19.3 Å². The second-order valence-corrected chi connectivity index (χ2v) is 3.10.